The van der Waals surface area contributed by atoms with Crippen molar-refractivity contribution in [3.63, 3.8) is 0 Å². The van der Waals surface area contributed by atoms with Gasteiger partial charge in [-0.05, 0) is 75.6 Å². The van der Waals surface area contributed by atoms with Crippen molar-refractivity contribution in [3.8, 4) is 0 Å². The highest BCUT2D eigenvalue weighted by atomic mass is 32.1. The summed E-state index contributed by atoms with van der Waals surface area (Å²) in [4.78, 5) is 4.00. The van der Waals surface area contributed by atoms with Crippen LogP contribution in [0.4, 0.5) is 0 Å². The van der Waals surface area contributed by atoms with Crippen molar-refractivity contribution in [2.24, 2.45) is 11.8 Å². The molecule has 2 heterocycles. The lowest BCUT2D eigenvalue weighted by Gasteiger charge is -2.30. The normalized spacial score (nSPS) is 24.3. The van der Waals surface area contributed by atoms with Crippen LogP contribution in [-0.2, 0) is 0 Å². The lowest BCUT2D eigenvalue weighted by atomic mass is 9.96. The number of hydrogen-bond donors (Lipinski definition) is 1. The Kier molecular flexibility index (Phi) is 4.02. The number of likely N-dealkylation sites (tertiary alicyclic amines) is 1. The summed E-state index contributed by atoms with van der Waals surface area (Å²) in [6.45, 7) is 3.77. The van der Waals surface area contributed by atoms with Crippen molar-refractivity contribution in [1.29, 1.82) is 0 Å². The Morgan fingerprint density at radius 1 is 1.33 bits per heavy atom. The maximum Gasteiger partial charge on any atom is 0.0443 e. The molecule has 1 atom stereocenters. The molecular weight excluding hydrogens is 240 g/mol. The van der Waals surface area contributed by atoms with Crippen LogP contribution in [0.1, 0.15) is 36.6 Å². The van der Waals surface area contributed by atoms with Gasteiger partial charge in [0.1, 0.15) is 0 Å². The second kappa shape index (κ2) is 5.72. The van der Waals surface area contributed by atoms with Gasteiger partial charge >= 0.3 is 0 Å². The predicted octanol–water partition coefficient (Wildman–Crippen LogP) is 3.13. The topological polar surface area (TPSA) is 15.3 Å². The number of thiophene rings is 1. The zero-order chi connectivity index (χ0) is 12.4. The number of hydrogen-bond acceptors (Lipinski definition) is 3. The van der Waals surface area contributed by atoms with Crippen LogP contribution in [0.5, 0.6) is 0 Å². The van der Waals surface area contributed by atoms with E-state index in [9.17, 15) is 0 Å². The lowest BCUT2D eigenvalue weighted by molar-refractivity contribution is 0.211. The van der Waals surface area contributed by atoms with Gasteiger partial charge in [0.25, 0.3) is 0 Å². The van der Waals surface area contributed by atoms with Crippen molar-refractivity contribution < 1.29 is 0 Å². The van der Waals surface area contributed by atoms with Gasteiger partial charge < -0.3 is 10.2 Å². The highest BCUT2D eigenvalue weighted by Gasteiger charge is 2.33. The van der Waals surface area contributed by atoms with E-state index in [-0.39, 0.29) is 0 Å². The fraction of sp³-hybridized carbons (Fsp3) is 0.733. The van der Waals surface area contributed by atoms with E-state index in [0.29, 0.717) is 6.04 Å². The largest absolute Gasteiger partial charge is 0.309 e. The summed E-state index contributed by atoms with van der Waals surface area (Å²) in [5, 5.41) is 6.07. The van der Waals surface area contributed by atoms with Crippen LogP contribution in [0.2, 0.25) is 0 Å². The first-order valence-corrected chi connectivity index (χ1v) is 8.16. The van der Waals surface area contributed by atoms with E-state index in [4.69, 9.17) is 0 Å². The molecule has 0 radical (unpaired) electrons. The first kappa shape index (κ1) is 12.6. The summed E-state index contributed by atoms with van der Waals surface area (Å²) < 4.78 is 0. The number of nitrogens with zero attached hydrogens (tertiary/aromatic N) is 1. The summed E-state index contributed by atoms with van der Waals surface area (Å²) >= 11 is 1.92. The SMILES string of the molecule is CN1CCC(CNC(c2cccs2)C2CC2)CC1. The van der Waals surface area contributed by atoms with Gasteiger partial charge in [0.2, 0.25) is 0 Å². The van der Waals surface area contributed by atoms with Gasteiger partial charge in [-0.1, -0.05) is 6.07 Å². The minimum atomic E-state index is 0.643. The Hall–Kier alpha value is -0.380. The van der Waals surface area contributed by atoms with Crippen molar-refractivity contribution >= 4 is 11.3 Å². The van der Waals surface area contributed by atoms with E-state index in [1.54, 1.807) is 4.88 Å². The Morgan fingerprint density at radius 2 is 2.11 bits per heavy atom. The second-order valence-electron chi connectivity index (χ2n) is 5.99. The van der Waals surface area contributed by atoms with Crippen LogP contribution >= 0.6 is 11.3 Å². The van der Waals surface area contributed by atoms with Crippen molar-refractivity contribution in [1.82, 2.24) is 10.2 Å². The molecule has 3 heteroatoms. The predicted molar refractivity (Wildman–Crippen MR) is 78.0 cm³/mol. The van der Waals surface area contributed by atoms with E-state index in [2.05, 4.69) is 34.8 Å². The molecule has 1 aliphatic carbocycles. The number of nitrogens with one attached hydrogen (secondary N) is 1. The Morgan fingerprint density at radius 3 is 2.72 bits per heavy atom. The fourth-order valence-corrected chi connectivity index (χ4v) is 3.85. The average molecular weight is 264 g/mol. The van der Waals surface area contributed by atoms with Gasteiger partial charge in [0, 0.05) is 10.9 Å². The summed E-state index contributed by atoms with van der Waals surface area (Å²) in [6, 6.07) is 5.13. The highest BCUT2D eigenvalue weighted by Crippen LogP contribution is 2.42. The van der Waals surface area contributed by atoms with Gasteiger partial charge in [-0.15, -0.1) is 11.3 Å². The molecular formula is C15H24N2S. The van der Waals surface area contributed by atoms with Crippen LogP contribution in [0.15, 0.2) is 17.5 Å². The van der Waals surface area contributed by atoms with Crippen LogP contribution in [0, 0.1) is 11.8 Å². The monoisotopic (exact) mass is 264 g/mol. The Bertz CT molecular complexity index is 351. The molecule has 1 aromatic heterocycles. The molecule has 1 N–H and O–H groups in total. The van der Waals surface area contributed by atoms with Gasteiger partial charge in [-0.25, -0.2) is 0 Å². The second-order valence-corrected chi connectivity index (χ2v) is 6.96. The zero-order valence-electron chi connectivity index (χ0n) is 11.3. The summed E-state index contributed by atoms with van der Waals surface area (Å²) in [5.74, 6) is 1.80. The molecule has 1 saturated carbocycles. The average Bonchev–Trinajstić information content (AvgIpc) is 3.07. The van der Waals surface area contributed by atoms with Gasteiger partial charge in [-0.2, -0.15) is 0 Å². The van der Waals surface area contributed by atoms with Crippen molar-refractivity contribution in [2.45, 2.75) is 31.7 Å². The molecule has 1 saturated heterocycles. The molecule has 2 nitrogen and oxygen atoms in total. The molecule has 1 aromatic rings. The molecule has 2 fully saturated rings. The maximum atomic E-state index is 3.86. The molecule has 18 heavy (non-hydrogen) atoms. The molecule has 0 aromatic carbocycles. The summed E-state index contributed by atoms with van der Waals surface area (Å²) in [5.41, 5.74) is 0. The first-order chi connectivity index (χ1) is 8.83. The minimum absolute atomic E-state index is 0.643. The Balaban J connectivity index is 1.51. The smallest absolute Gasteiger partial charge is 0.0443 e. The fourth-order valence-electron chi connectivity index (χ4n) is 2.96. The quantitative estimate of drug-likeness (QED) is 0.879. The van der Waals surface area contributed by atoms with E-state index < -0.39 is 0 Å². The molecule has 2 aliphatic rings. The maximum absolute atomic E-state index is 3.86. The molecule has 3 rings (SSSR count). The van der Waals surface area contributed by atoms with Gasteiger partial charge in [0.15, 0.2) is 0 Å². The molecule has 1 aliphatic heterocycles. The standard InChI is InChI=1S/C15H24N2S/c1-17-8-6-12(7-9-17)11-16-15(13-4-5-13)14-3-2-10-18-14/h2-3,10,12-13,15-16H,4-9,11H2,1H3. The lowest BCUT2D eigenvalue weighted by Crippen LogP contribution is -2.36. The highest BCUT2D eigenvalue weighted by molar-refractivity contribution is 7.10. The molecule has 100 valence electrons. The summed E-state index contributed by atoms with van der Waals surface area (Å²) in [6.07, 6.45) is 5.57. The third-order valence-electron chi connectivity index (χ3n) is 4.41. The van der Waals surface area contributed by atoms with Crippen LogP contribution in [0.3, 0.4) is 0 Å². The molecule has 0 spiro atoms. The van der Waals surface area contributed by atoms with E-state index in [0.717, 1.165) is 11.8 Å². The van der Waals surface area contributed by atoms with Gasteiger partial charge in [0.05, 0.1) is 0 Å². The first-order valence-electron chi connectivity index (χ1n) is 7.28. The minimum Gasteiger partial charge on any atom is -0.309 e. The van der Waals surface area contributed by atoms with Crippen LogP contribution < -0.4 is 5.32 Å². The van der Waals surface area contributed by atoms with Crippen LogP contribution in [0.25, 0.3) is 0 Å². The van der Waals surface area contributed by atoms with Crippen LogP contribution in [-0.4, -0.2) is 31.6 Å². The number of piperidine rings is 1. The van der Waals surface area contributed by atoms with E-state index >= 15 is 0 Å². The molecule has 0 amide bonds. The van der Waals surface area contributed by atoms with Crippen molar-refractivity contribution in [3.05, 3.63) is 22.4 Å². The number of rotatable bonds is 5. The van der Waals surface area contributed by atoms with Gasteiger partial charge in [-0.3, -0.25) is 0 Å². The van der Waals surface area contributed by atoms with E-state index in [1.165, 1.54) is 45.3 Å². The zero-order valence-corrected chi connectivity index (χ0v) is 12.1. The molecule has 0 bridgehead atoms. The van der Waals surface area contributed by atoms with E-state index in [1.807, 2.05) is 11.3 Å². The summed E-state index contributed by atoms with van der Waals surface area (Å²) in [7, 11) is 2.24. The third kappa shape index (κ3) is 3.14. The molecule has 1 unspecified atom stereocenters. The Labute approximate surface area is 114 Å². The third-order valence-corrected chi connectivity index (χ3v) is 5.36. The van der Waals surface area contributed by atoms with Crippen molar-refractivity contribution in [2.75, 3.05) is 26.7 Å².